The number of hydrogen-bond acceptors (Lipinski definition) is 6. The standard InChI is InChI=1S/C20H25N3O5S/c1-12-6-5-7-13(2)18(12)22-16(24)10-21-19(26)15(4)28-17(25)8-9-23-14(3)11-29-20(23)27/h5-7,11,15H,8-10H2,1-4H3,(H,21,26)(H,22,24). The lowest BCUT2D eigenvalue weighted by atomic mass is 10.1. The highest BCUT2D eigenvalue weighted by molar-refractivity contribution is 7.07. The molecule has 1 aromatic carbocycles. The molecule has 156 valence electrons. The second-order valence-electron chi connectivity index (χ2n) is 6.71. The monoisotopic (exact) mass is 419 g/mol. The molecule has 0 spiro atoms. The Morgan fingerprint density at radius 3 is 2.41 bits per heavy atom. The molecule has 0 aliphatic carbocycles. The van der Waals surface area contributed by atoms with Crippen molar-refractivity contribution in [2.45, 2.75) is 46.8 Å². The number of nitrogens with zero attached hydrogens (tertiary/aromatic N) is 1. The van der Waals surface area contributed by atoms with E-state index < -0.39 is 18.0 Å². The minimum atomic E-state index is -1.05. The SMILES string of the molecule is Cc1cccc(C)c1NC(=O)CNC(=O)C(C)OC(=O)CCn1c(C)csc1=O. The molecular weight excluding hydrogens is 394 g/mol. The van der Waals surface area contributed by atoms with Crippen molar-refractivity contribution in [2.24, 2.45) is 0 Å². The molecule has 2 aromatic rings. The lowest BCUT2D eigenvalue weighted by molar-refractivity contribution is -0.155. The summed E-state index contributed by atoms with van der Waals surface area (Å²) in [6, 6.07) is 5.66. The molecule has 1 unspecified atom stereocenters. The van der Waals surface area contributed by atoms with E-state index in [-0.39, 0.29) is 30.3 Å². The van der Waals surface area contributed by atoms with Crippen LogP contribution in [0, 0.1) is 20.8 Å². The maximum absolute atomic E-state index is 12.1. The fraction of sp³-hybridized carbons (Fsp3) is 0.400. The molecule has 1 atom stereocenters. The van der Waals surface area contributed by atoms with Crippen LogP contribution < -0.4 is 15.5 Å². The van der Waals surface area contributed by atoms with E-state index >= 15 is 0 Å². The highest BCUT2D eigenvalue weighted by atomic mass is 32.1. The van der Waals surface area contributed by atoms with Gasteiger partial charge in [0.1, 0.15) is 0 Å². The normalized spacial score (nSPS) is 11.6. The second-order valence-corrected chi connectivity index (χ2v) is 7.53. The zero-order valence-electron chi connectivity index (χ0n) is 16.9. The van der Waals surface area contributed by atoms with Gasteiger partial charge >= 0.3 is 10.8 Å². The van der Waals surface area contributed by atoms with Crippen molar-refractivity contribution in [3.8, 4) is 0 Å². The molecule has 1 aromatic heterocycles. The molecule has 29 heavy (non-hydrogen) atoms. The molecule has 0 fully saturated rings. The third-order valence-corrected chi connectivity index (χ3v) is 5.24. The molecule has 0 radical (unpaired) electrons. The smallest absolute Gasteiger partial charge is 0.308 e. The van der Waals surface area contributed by atoms with Crippen molar-refractivity contribution in [3.63, 3.8) is 0 Å². The Morgan fingerprint density at radius 2 is 1.83 bits per heavy atom. The van der Waals surface area contributed by atoms with Gasteiger partial charge in [-0.1, -0.05) is 29.5 Å². The van der Waals surface area contributed by atoms with Crippen molar-refractivity contribution >= 4 is 34.8 Å². The van der Waals surface area contributed by atoms with Crippen molar-refractivity contribution < 1.29 is 19.1 Å². The Kier molecular flexibility index (Phi) is 7.72. The number of rotatable bonds is 8. The summed E-state index contributed by atoms with van der Waals surface area (Å²) in [6.07, 6.45) is -1.07. The van der Waals surface area contributed by atoms with Crippen LogP contribution in [0.5, 0.6) is 0 Å². The number of para-hydroxylation sites is 1. The van der Waals surface area contributed by atoms with Crippen molar-refractivity contribution in [2.75, 3.05) is 11.9 Å². The summed E-state index contributed by atoms with van der Waals surface area (Å²) in [5.74, 6) is -1.54. The van der Waals surface area contributed by atoms with Crippen LogP contribution in [-0.4, -0.2) is 35.0 Å². The van der Waals surface area contributed by atoms with E-state index in [0.29, 0.717) is 5.69 Å². The van der Waals surface area contributed by atoms with Gasteiger partial charge in [0.05, 0.1) is 13.0 Å². The third kappa shape index (κ3) is 6.28. The first kappa shape index (κ1) is 22.4. The van der Waals surface area contributed by atoms with Crippen LogP contribution in [0.15, 0.2) is 28.4 Å². The summed E-state index contributed by atoms with van der Waals surface area (Å²) in [4.78, 5) is 47.6. The van der Waals surface area contributed by atoms with Gasteiger partial charge in [0.2, 0.25) is 5.91 Å². The predicted octanol–water partition coefficient (Wildman–Crippen LogP) is 1.91. The summed E-state index contributed by atoms with van der Waals surface area (Å²) < 4.78 is 6.57. The topological polar surface area (TPSA) is 106 Å². The number of hydrogen-bond donors (Lipinski definition) is 2. The number of aromatic nitrogens is 1. The molecule has 2 N–H and O–H groups in total. The summed E-state index contributed by atoms with van der Waals surface area (Å²) >= 11 is 1.07. The van der Waals surface area contributed by atoms with Crippen LogP contribution in [-0.2, 0) is 25.7 Å². The fourth-order valence-corrected chi connectivity index (χ4v) is 3.45. The number of thiazole rings is 1. The zero-order valence-corrected chi connectivity index (χ0v) is 17.7. The molecule has 9 heteroatoms. The number of amides is 2. The van der Waals surface area contributed by atoms with E-state index in [0.717, 1.165) is 28.2 Å². The summed E-state index contributed by atoms with van der Waals surface area (Å²) in [7, 11) is 0. The maximum Gasteiger partial charge on any atom is 0.308 e. The van der Waals surface area contributed by atoms with Crippen molar-refractivity contribution in [1.82, 2.24) is 9.88 Å². The molecular formula is C20H25N3O5S. The third-order valence-electron chi connectivity index (χ3n) is 4.36. The number of benzene rings is 1. The maximum atomic E-state index is 12.1. The summed E-state index contributed by atoms with van der Waals surface area (Å²) in [5.41, 5.74) is 3.33. The molecule has 0 bridgehead atoms. The number of esters is 1. The van der Waals surface area contributed by atoms with E-state index in [2.05, 4.69) is 10.6 Å². The quantitative estimate of drug-likeness (QED) is 0.636. The van der Waals surface area contributed by atoms with E-state index in [1.807, 2.05) is 32.0 Å². The Hall–Kier alpha value is -2.94. The summed E-state index contributed by atoms with van der Waals surface area (Å²) in [6.45, 7) is 6.93. The number of ether oxygens (including phenoxy) is 1. The predicted molar refractivity (Wildman–Crippen MR) is 111 cm³/mol. The molecule has 1 heterocycles. The minimum absolute atomic E-state index is 0.0256. The van der Waals surface area contributed by atoms with Crippen LogP contribution in [0.3, 0.4) is 0 Å². The molecule has 0 saturated carbocycles. The van der Waals surface area contributed by atoms with Gasteiger partial charge in [0.25, 0.3) is 5.91 Å². The first-order valence-corrected chi connectivity index (χ1v) is 10.0. The van der Waals surface area contributed by atoms with Gasteiger partial charge in [-0.3, -0.25) is 19.2 Å². The molecule has 0 saturated heterocycles. The number of nitrogens with one attached hydrogen (secondary N) is 2. The molecule has 0 aliphatic heterocycles. The zero-order chi connectivity index (χ0) is 21.6. The fourth-order valence-electron chi connectivity index (χ4n) is 2.69. The molecule has 2 amide bonds. The highest BCUT2D eigenvalue weighted by Gasteiger charge is 2.19. The lowest BCUT2D eigenvalue weighted by Gasteiger charge is -2.15. The Balaban J connectivity index is 1.77. The molecule has 8 nitrogen and oxygen atoms in total. The van der Waals surface area contributed by atoms with Crippen LogP contribution in [0.2, 0.25) is 0 Å². The largest absolute Gasteiger partial charge is 0.452 e. The van der Waals surface area contributed by atoms with E-state index in [1.165, 1.54) is 11.5 Å². The van der Waals surface area contributed by atoms with E-state index in [4.69, 9.17) is 4.74 Å². The number of aryl methyl sites for hydroxylation is 3. The van der Waals surface area contributed by atoms with E-state index in [1.54, 1.807) is 12.3 Å². The minimum Gasteiger partial charge on any atom is -0.452 e. The number of carbonyl (C=O) groups is 3. The highest BCUT2D eigenvalue weighted by Crippen LogP contribution is 2.18. The Bertz CT molecular complexity index is 943. The van der Waals surface area contributed by atoms with Gasteiger partial charge in [0, 0.05) is 23.3 Å². The van der Waals surface area contributed by atoms with Gasteiger partial charge < -0.3 is 19.9 Å². The average Bonchev–Trinajstić information content (AvgIpc) is 2.98. The average molecular weight is 420 g/mol. The van der Waals surface area contributed by atoms with Gasteiger partial charge in [-0.25, -0.2) is 0 Å². The van der Waals surface area contributed by atoms with Crippen molar-refractivity contribution in [1.29, 1.82) is 0 Å². The van der Waals surface area contributed by atoms with E-state index in [9.17, 15) is 19.2 Å². The van der Waals surface area contributed by atoms with Crippen LogP contribution in [0.25, 0.3) is 0 Å². The first-order valence-electron chi connectivity index (χ1n) is 9.17. The van der Waals surface area contributed by atoms with Gasteiger partial charge in [-0.2, -0.15) is 0 Å². The van der Waals surface area contributed by atoms with Gasteiger partial charge in [-0.05, 0) is 38.8 Å². The molecule has 0 aliphatic rings. The summed E-state index contributed by atoms with van der Waals surface area (Å²) in [5, 5.41) is 6.94. The first-order chi connectivity index (χ1) is 13.7. The molecule has 2 rings (SSSR count). The Labute approximate surface area is 172 Å². The van der Waals surface area contributed by atoms with Crippen molar-refractivity contribution in [3.05, 3.63) is 50.1 Å². The van der Waals surface area contributed by atoms with Crippen LogP contribution in [0.1, 0.15) is 30.2 Å². The van der Waals surface area contributed by atoms with Gasteiger partial charge in [-0.15, -0.1) is 0 Å². The van der Waals surface area contributed by atoms with Gasteiger partial charge in [0.15, 0.2) is 6.10 Å². The number of anilines is 1. The van der Waals surface area contributed by atoms with Crippen LogP contribution >= 0.6 is 11.3 Å². The van der Waals surface area contributed by atoms with Crippen LogP contribution in [0.4, 0.5) is 5.69 Å². The number of carbonyl (C=O) groups excluding carboxylic acids is 3. The second kappa shape index (κ2) is 10.0. The Morgan fingerprint density at radius 1 is 1.17 bits per heavy atom. The lowest BCUT2D eigenvalue weighted by Crippen LogP contribution is -2.40.